The van der Waals surface area contributed by atoms with Crippen LogP contribution >= 0.6 is 0 Å². The first-order chi connectivity index (χ1) is 17.3. The molecule has 186 valence electrons. The standard InChI is InChI=1S/C31H28N2O4/c1-30(2,3)20-11-13-21(14-12-20)32-26(34)23-15-10-19(17-24(23)27(32)35)18-8-7-9-22-25(16-18)29(37)33(28(22)36)31(4,5)6/h7-8,10-17H,1-6H3. The van der Waals surface area contributed by atoms with Gasteiger partial charge in [0.1, 0.15) is 0 Å². The number of carbonyl (C=O) groups is 4. The Hall–Kier alpha value is -4.28. The number of amides is 4. The summed E-state index contributed by atoms with van der Waals surface area (Å²) in [5.41, 5.74) is 6.27. The van der Waals surface area contributed by atoms with Gasteiger partial charge in [0.2, 0.25) is 0 Å². The summed E-state index contributed by atoms with van der Waals surface area (Å²) >= 11 is 0. The molecular formula is C31H28N2O4. The zero-order valence-corrected chi connectivity index (χ0v) is 21.8. The number of nitrogens with zero attached hydrogens (tertiary/aromatic N) is 2. The van der Waals surface area contributed by atoms with Crippen molar-refractivity contribution in [3.05, 3.63) is 99.8 Å². The van der Waals surface area contributed by atoms with E-state index in [-0.39, 0.29) is 34.3 Å². The molecule has 0 spiro atoms. The first kappa shape index (κ1) is 24.4. The minimum absolute atomic E-state index is 0.0469. The molecule has 1 saturated heterocycles. The predicted molar refractivity (Wildman–Crippen MR) is 142 cm³/mol. The van der Waals surface area contributed by atoms with E-state index in [0.29, 0.717) is 28.0 Å². The summed E-state index contributed by atoms with van der Waals surface area (Å²) in [5, 5.41) is 0. The Morgan fingerprint density at radius 2 is 1.38 bits per heavy atom. The molecule has 1 aliphatic carbocycles. The van der Waals surface area contributed by atoms with Crippen LogP contribution in [-0.4, -0.2) is 34.1 Å². The third-order valence-corrected chi connectivity index (χ3v) is 6.79. The van der Waals surface area contributed by atoms with Crippen molar-refractivity contribution in [2.45, 2.75) is 52.5 Å². The van der Waals surface area contributed by atoms with Gasteiger partial charge in [-0.3, -0.25) is 24.1 Å². The molecule has 3 aliphatic rings. The van der Waals surface area contributed by atoms with E-state index in [4.69, 9.17) is 0 Å². The Balaban J connectivity index is 1.49. The smallest absolute Gasteiger partial charge is 0.269 e. The van der Waals surface area contributed by atoms with E-state index in [9.17, 15) is 19.2 Å². The number of rotatable bonds is 2. The Morgan fingerprint density at radius 1 is 0.730 bits per heavy atom. The van der Waals surface area contributed by atoms with E-state index in [1.54, 1.807) is 69.3 Å². The van der Waals surface area contributed by atoms with Crippen molar-refractivity contribution >= 4 is 34.9 Å². The molecule has 4 amide bonds. The molecule has 6 nitrogen and oxygen atoms in total. The Morgan fingerprint density at radius 3 is 2.00 bits per heavy atom. The molecule has 0 aromatic heterocycles. The van der Waals surface area contributed by atoms with Crippen LogP contribution in [0.4, 0.5) is 5.69 Å². The monoisotopic (exact) mass is 492 g/mol. The average molecular weight is 493 g/mol. The topological polar surface area (TPSA) is 74.8 Å². The fourth-order valence-corrected chi connectivity index (χ4v) is 4.79. The number of hydrogen-bond acceptors (Lipinski definition) is 4. The summed E-state index contributed by atoms with van der Waals surface area (Å²) in [4.78, 5) is 55.0. The summed E-state index contributed by atoms with van der Waals surface area (Å²) in [6, 6.07) is 12.5. The summed E-state index contributed by atoms with van der Waals surface area (Å²) in [6.07, 6.45) is 5.00. The van der Waals surface area contributed by atoms with Gasteiger partial charge >= 0.3 is 0 Å². The second kappa shape index (κ2) is 8.12. The lowest BCUT2D eigenvalue weighted by Gasteiger charge is -2.29. The van der Waals surface area contributed by atoms with Crippen molar-refractivity contribution in [2.24, 2.45) is 0 Å². The fourth-order valence-electron chi connectivity index (χ4n) is 4.79. The van der Waals surface area contributed by atoms with Crippen molar-refractivity contribution in [1.29, 1.82) is 0 Å². The number of carbonyl (C=O) groups excluding carboxylic acids is 4. The van der Waals surface area contributed by atoms with Gasteiger partial charge in [-0.1, -0.05) is 39.0 Å². The molecular weight excluding hydrogens is 464 g/mol. The lowest BCUT2D eigenvalue weighted by Crippen LogP contribution is -2.45. The van der Waals surface area contributed by atoms with Crippen LogP contribution in [0.2, 0.25) is 0 Å². The highest BCUT2D eigenvalue weighted by molar-refractivity contribution is 6.34. The molecule has 2 heterocycles. The second-order valence-corrected chi connectivity index (χ2v) is 11.5. The van der Waals surface area contributed by atoms with Gasteiger partial charge in [0.15, 0.2) is 0 Å². The zero-order chi connectivity index (χ0) is 26.9. The molecule has 2 aliphatic heterocycles. The van der Waals surface area contributed by atoms with Gasteiger partial charge in [-0.05, 0) is 85.4 Å². The van der Waals surface area contributed by atoms with Crippen LogP contribution in [0.1, 0.15) is 73.4 Å². The summed E-state index contributed by atoms with van der Waals surface area (Å²) in [6.45, 7) is 11.7. The molecule has 0 saturated carbocycles. The van der Waals surface area contributed by atoms with E-state index in [1.807, 2.05) is 12.1 Å². The largest absolute Gasteiger partial charge is 0.269 e. The van der Waals surface area contributed by atoms with Gasteiger partial charge in [-0.15, -0.1) is 5.73 Å². The number of allylic oxidation sites excluding steroid dienone is 3. The minimum atomic E-state index is -0.672. The third kappa shape index (κ3) is 3.90. The quantitative estimate of drug-likeness (QED) is 0.418. The highest BCUT2D eigenvalue weighted by Gasteiger charge is 2.45. The highest BCUT2D eigenvalue weighted by atomic mass is 16.2. The summed E-state index contributed by atoms with van der Waals surface area (Å²) in [5.74, 6) is -1.52. The van der Waals surface area contributed by atoms with Crippen molar-refractivity contribution in [3.63, 3.8) is 0 Å². The van der Waals surface area contributed by atoms with Crippen molar-refractivity contribution < 1.29 is 19.2 Å². The van der Waals surface area contributed by atoms with E-state index in [2.05, 4.69) is 26.5 Å². The normalized spacial score (nSPS) is 17.5. The van der Waals surface area contributed by atoms with Gasteiger partial charge in [0, 0.05) is 5.54 Å². The van der Waals surface area contributed by atoms with Crippen molar-refractivity contribution in [2.75, 3.05) is 4.90 Å². The van der Waals surface area contributed by atoms with Crippen LogP contribution < -0.4 is 4.90 Å². The average Bonchev–Trinajstić information content (AvgIpc) is 3.08. The maximum absolute atomic E-state index is 13.4. The Labute approximate surface area is 216 Å². The molecule has 0 bridgehead atoms. The van der Waals surface area contributed by atoms with Gasteiger partial charge in [0.25, 0.3) is 23.6 Å². The SMILES string of the molecule is CC(C)(C)c1ccc(N2C(=O)c3ccc(C4=CC=C=C5C(=O)N(C(C)(C)C)C(=O)C5=C4)cc3C2=O)cc1. The van der Waals surface area contributed by atoms with Gasteiger partial charge in [-0.2, -0.15) is 0 Å². The van der Waals surface area contributed by atoms with Crippen LogP contribution in [0.15, 0.2) is 77.6 Å². The molecule has 1 fully saturated rings. The van der Waals surface area contributed by atoms with E-state index in [0.717, 1.165) is 5.56 Å². The number of imide groups is 2. The molecule has 6 heteroatoms. The van der Waals surface area contributed by atoms with E-state index >= 15 is 0 Å². The molecule has 5 rings (SSSR count). The predicted octanol–water partition coefficient (Wildman–Crippen LogP) is 5.36. The number of benzene rings is 2. The fraction of sp³-hybridized carbons (Fsp3) is 0.258. The van der Waals surface area contributed by atoms with Gasteiger partial charge < -0.3 is 0 Å². The molecule has 0 N–H and O–H groups in total. The van der Waals surface area contributed by atoms with Gasteiger partial charge in [0.05, 0.1) is 28.0 Å². The second-order valence-electron chi connectivity index (χ2n) is 11.5. The van der Waals surface area contributed by atoms with Crippen LogP contribution in [0.3, 0.4) is 0 Å². The van der Waals surface area contributed by atoms with E-state index < -0.39 is 11.4 Å². The van der Waals surface area contributed by atoms with Crippen molar-refractivity contribution in [3.8, 4) is 0 Å². The van der Waals surface area contributed by atoms with Crippen LogP contribution in [-0.2, 0) is 15.0 Å². The van der Waals surface area contributed by atoms with Crippen LogP contribution in [0.25, 0.3) is 5.57 Å². The van der Waals surface area contributed by atoms with E-state index in [1.165, 1.54) is 9.80 Å². The molecule has 37 heavy (non-hydrogen) atoms. The maximum Gasteiger partial charge on any atom is 0.269 e. The number of likely N-dealkylation sites (tertiary alicyclic amines) is 1. The van der Waals surface area contributed by atoms with Gasteiger partial charge in [-0.25, -0.2) is 4.90 Å². The molecule has 2 aromatic rings. The molecule has 0 atom stereocenters. The summed E-state index contributed by atoms with van der Waals surface area (Å²) < 4.78 is 0. The third-order valence-electron chi connectivity index (χ3n) is 6.79. The van der Waals surface area contributed by atoms with Crippen LogP contribution in [0.5, 0.6) is 0 Å². The summed E-state index contributed by atoms with van der Waals surface area (Å²) in [7, 11) is 0. The minimum Gasteiger partial charge on any atom is -0.269 e. The zero-order valence-electron chi connectivity index (χ0n) is 21.8. The number of anilines is 1. The Kier molecular flexibility index (Phi) is 5.36. The van der Waals surface area contributed by atoms with Crippen LogP contribution in [0, 0.1) is 0 Å². The number of hydrogen-bond donors (Lipinski definition) is 0. The lowest BCUT2D eigenvalue weighted by molar-refractivity contribution is -0.141. The van der Waals surface area contributed by atoms with Crippen molar-refractivity contribution in [1.82, 2.24) is 4.90 Å². The first-order valence-corrected chi connectivity index (χ1v) is 12.2. The molecule has 2 aromatic carbocycles. The molecule has 0 unspecified atom stereocenters. The highest BCUT2D eigenvalue weighted by Crippen LogP contribution is 2.36. The number of fused-ring (bicyclic) bond motifs is 2. The Bertz CT molecular complexity index is 1530. The molecule has 0 radical (unpaired) electrons. The first-order valence-electron chi connectivity index (χ1n) is 12.2. The maximum atomic E-state index is 13.4. The lowest BCUT2D eigenvalue weighted by atomic mass is 9.87.